The van der Waals surface area contributed by atoms with Crippen molar-refractivity contribution < 1.29 is 17.9 Å². The first kappa shape index (κ1) is 27.3. The minimum atomic E-state index is -3.52. The summed E-state index contributed by atoms with van der Waals surface area (Å²) in [4.78, 5) is 22.1. The van der Waals surface area contributed by atoms with Gasteiger partial charge in [0.15, 0.2) is 5.82 Å². The first-order chi connectivity index (χ1) is 19.1. The van der Waals surface area contributed by atoms with E-state index in [1.54, 1.807) is 36.2 Å². The highest BCUT2D eigenvalue weighted by atomic mass is 32.2. The van der Waals surface area contributed by atoms with E-state index in [0.29, 0.717) is 46.9 Å². The number of primary amides is 1. The van der Waals surface area contributed by atoms with Crippen LogP contribution in [0.4, 0.5) is 17.5 Å². The SMILES string of the molecule is COc1cc(C2CCN(CC(N)=O)CC2)ccc1Nc1ncc2ccc(-c3cccnc3N(C)S(C)(=O)=O)n2n1. The van der Waals surface area contributed by atoms with Gasteiger partial charge in [0.2, 0.25) is 21.9 Å². The lowest BCUT2D eigenvalue weighted by molar-refractivity contribution is -0.119. The molecule has 0 spiro atoms. The van der Waals surface area contributed by atoms with Crippen molar-refractivity contribution in [2.24, 2.45) is 5.73 Å². The summed E-state index contributed by atoms with van der Waals surface area (Å²) in [5, 5.41) is 7.94. The summed E-state index contributed by atoms with van der Waals surface area (Å²) in [7, 11) is -0.425. The highest BCUT2D eigenvalue weighted by Gasteiger charge is 2.23. The lowest BCUT2D eigenvalue weighted by atomic mass is 9.89. The average Bonchev–Trinajstić information content (AvgIpc) is 3.35. The standard InChI is InChI=1S/C27H32N8O4S/c1-33(40(3,37)38)26-21(5-4-12-29-26)23-9-7-20-16-30-27(32-35(20)23)31-22-8-6-19(15-24(22)39-2)18-10-13-34(14-11-18)17-25(28)36/h4-9,12,15-16,18H,10-11,13-14,17H2,1-3H3,(H2,28,36)(H,31,32). The van der Waals surface area contributed by atoms with Crippen LogP contribution < -0.4 is 20.1 Å². The van der Waals surface area contributed by atoms with Gasteiger partial charge in [-0.1, -0.05) is 6.07 Å². The average molecular weight is 565 g/mol. The van der Waals surface area contributed by atoms with Crippen molar-refractivity contribution in [3.8, 4) is 17.0 Å². The molecule has 3 aromatic heterocycles. The van der Waals surface area contributed by atoms with E-state index in [1.807, 2.05) is 24.3 Å². The van der Waals surface area contributed by atoms with Gasteiger partial charge in [0, 0.05) is 18.8 Å². The van der Waals surface area contributed by atoms with Crippen molar-refractivity contribution in [1.82, 2.24) is 24.5 Å². The number of hydrogen-bond donors (Lipinski definition) is 2. The van der Waals surface area contributed by atoms with Crippen LogP contribution in [0.2, 0.25) is 0 Å². The molecule has 1 fully saturated rings. The van der Waals surface area contributed by atoms with Crippen molar-refractivity contribution in [1.29, 1.82) is 0 Å². The minimum Gasteiger partial charge on any atom is -0.495 e. The van der Waals surface area contributed by atoms with E-state index in [9.17, 15) is 13.2 Å². The predicted molar refractivity (Wildman–Crippen MR) is 153 cm³/mol. The number of anilines is 3. The second-order valence-electron chi connectivity index (χ2n) is 9.84. The number of nitrogens with zero attached hydrogens (tertiary/aromatic N) is 6. The second kappa shape index (κ2) is 11.1. The van der Waals surface area contributed by atoms with Gasteiger partial charge in [0.1, 0.15) is 5.75 Å². The monoisotopic (exact) mass is 564 g/mol. The lowest BCUT2D eigenvalue weighted by Crippen LogP contribution is -2.39. The number of piperidine rings is 1. The normalized spacial score (nSPS) is 14.8. The topological polar surface area (TPSA) is 148 Å². The van der Waals surface area contributed by atoms with Gasteiger partial charge in [0.25, 0.3) is 0 Å². The van der Waals surface area contributed by atoms with Crippen LogP contribution in [0.15, 0.2) is 54.9 Å². The highest BCUT2D eigenvalue weighted by Crippen LogP contribution is 2.35. The van der Waals surface area contributed by atoms with Crippen molar-refractivity contribution in [2.75, 3.05) is 49.7 Å². The fraction of sp³-hybridized carbons (Fsp3) is 0.333. The van der Waals surface area contributed by atoms with E-state index in [0.717, 1.165) is 42.0 Å². The summed E-state index contributed by atoms with van der Waals surface area (Å²) >= 11 is 0. The van der Waals surface area contributed by atoms with Crippen LogP contribution in [0.3, 0.4) is 0 Å². The Morgan fingerprint density at radius 2 is 1.95 bits per heavy atom. The summed E-state index contributed by atoms with van der Waals surface area (Å²) in [5.74, 6) is 1.37. The molecule has 4 aromatic rings. The molecular formula is C27H32N8O4S. The molecule has 1 amide bonds. The van der Waals surface area contributed by atoms with Crippen molar-refractivity contribution in [3.05, 3.63) is 60.4 Å². The first-order valence-corrected chi connectivity index (χ1v) is 14.7. The van der Waals surface area contributed by atoms with Gasteiger partial charge in [0.05, 0.1) is 43.0 Å². The number of nitrogens with one attached hydrogen (secondary N) is 1. The number of nitrogens with two attached hydrogens (primary N) is 1. The summed E-state index contributed by atoms with van der Waals surface area (Å²) < 4.78 is 33.0. The number of carbonyl (C=O) groups is 1. The summed E-state index contributed by atoms with van der Waals surface area (Å²) in [6.45, 7) is 1.94. The molecule has 5 rings (SSSR count). The third-order valence-corrected chi connectivity index (χ3v) is 8.34. The minimum absolute atomic E-state index is 0.294. The quantitative estimate of drug-likeness (QED) is 0.313. The molecule has 1 saturated heterocycles. The maximum absolute atomic E-state index is 12.2. The molecule has 13 heteroatoms. The van der Waals surface area contributed by atoms with E-state index >= 15 is 0 Å². The van der Waals surface area contributed by atoms with Gasteiger partial charge in [-0.25, -0.2) is 22.9 Å². The van der Waals surface area contributed by atoms with Gasteiger partial charge in [-0.2, -0.15) is 0 Å². The molecule has 1 aliphatic heterocycles. The smallest absolute Gasteiger partial charge is 0.245 e. The molecule has 1 aliphatic rings. The number of likely N-dealkylation sites (tertiary alicyclic amines) is 1. The van der Waals surface area contributed by atoms with E-state index in [2.05, 4.69) is 31.3 Å². The predicted octanol–water partition coefficient (Wildman–Crippen LogP) is 2.60. The van der Waals surface area contributed by atoms with Gasteiger partial charge in [-0.3, -0.25) is 14.0 Å². The van der Waals surface area contributed by atoms with E-state index in [1.165, 1.54) is 12.6 Å². The number of rotatable bonds is 9. The first-order valence-electron chi connectivity index (χ1n) is 12.8. The van der Waals surface area contributed by atoms with Crippen LogP contribution in [0.25, 0.3) is 16.8 Å². The molecule has 0 radical (unpaired) electrons. The number of pyridine rings is 1. The van der Waals surface area contributed by atoms with E-state index in [4.69, 9.17) is 10.5 Å². The number of methoxy groups -OCH3 is 1. The van der Waals surface area contributed by atoms with Crippen LogP contribution in [-0.2, 0) is 14.8 Å². The van der Waals surface area contributed by atoms with E-state index < -0.39 is 10.0 Å². The maximum Gasteiger partial charge on any atom is 0.245 e. The fourth-order valence-corrected chi connectivity index (χ4v) is 5.46. The number of amides is 1. The number of sulfonamides is 1. The summed E-state index contributed by atoms with van der Waals surface area (Å²) in [5.41, 5.74) is 9.25. The Morgan fingerprint density at radius 3 is 2.65 bits per heavy atom. The third kappa shape index (κ3) is 5.70. The van der Waals surface area contributed by atoms with Crippen LogP contribution >= 0.6 is 0 Å². The van der Waals surface area contributed by atoms with Gasteiger partial charge < -0.3 is 15.8 Å². The fourth-order valence-electron chi connectivity index (χ4n) is 5.00. The number of carbonyl (C=O) groups excluding carboxylic acids is 1. The lowest BCUT2D eigenvalue weighted by Gasteiger charge is -2.31. The second-order valence-corrected chi connectivity index (χ2v) is 11.9. The Morgan fingerprint density at radius 1 is 1.18 bits per heavy atom. The highest BCUT2D eigenvalue weighted by molar-refractivity contribution is 7.92. The zero-order chi connectivity index (χ0) is 28.4. The molecule has 40 heavy (non-hydrogen) atoms. The molecule has 3 N–H and O–H groups in total. The third-order valence-electron chi connectivity index (χ3n) is 7.17. The Labute approximate surface area is 232 Å². The molecule has 1 aromatic carbocycles. The number of hydrogen-bond acceptors (Lipinski definition) is 9. The molecule has 0 aliphatic carbocycles. The Bertz CT molecular complexity index is 1650. The largest absolute Gasteiger partial charge is 0.495 e. The maximum atomic E-state index is 12.2. The van der Waals surface area contributed by atoms with Crippen molar-refractivity contribution >= 4 is 38.9 Å². The van der Waals surface area contributed by atoms with Crippen LogP contribution in [-0.4, -0.2) is 78.9 Å². The number of ether oxygens (including phenoxy) is 1. The molecule has 0 saturated carbocycles. The van der Waals surface area contributed by atoms with Gasteiger partial charge in [-0.05, 0) is 73.8 Å². The number of fused-ring (bicyclic) bond motifs is 1. The zero-order valence-electron chi connectivity index (χ0n) is 22.6. The van der Waals surface area contributed by atoms with Gasteiger partial charge >= 0.3 is 0 Å². The molecule has 12 nitrogen and oxygen atoms in total. The number of aromatic nitrogens is 4. The van der Waals surface area contributed by atoms with Crippen molar-refractivity contribution in [2.45, 2.75) is 18.8 Å². The van der Waals surface area contributed by atoms with Crippen LogP contribution in [0.1, 0.15) is 24.3 Å². The Balaban J connectivity index is 1.40. The molecule has 0 unspecified atom stereocenters. The van der Waals surface area contributed by atoms with Crippen molar-refractivity contribution in [3.63, 3.8) is 0 Å². The zero-order valence-corrected chi connectivity index (χ0v) is 23.4. The van der Waals surface area contributed by atoms with Crippen LogP contribution in [0.5, 0.6) is 5.75 Å². The number of benzene rings is 1. The molecular weight excluding hydrogens is 532 g/mol. The van der Waals surface area contributed by atoms with E-state index in [-0.39, 0.29) is 5.91 Å². The Kier molecular flexibility index (Phi) is 7.59. The summed E-state index contributed by atoms with van der Waals surface area (Å²) in [6.07, 6.45) is 6.25. The molecule has 210 valence electrons. The molecule has 4 heterocycles. The van der Waals surface area contributed by atoms with Gasteiger partial charge in [-0.15, -0.1) is 5.10 Å². The van der Waals surface area contributed by atoms with Crippen LogP contribution in [0, 0.1) is 0 Å². The Hall–Kier alpha value is -4.23. The summed E-state index contributed by atoms with van der Waals surface area (Å²) in [6, 6.07) is 13.3. The molecule has 0 bridgehead atoms. The molecule has 0 atom stereocenters.